The highest BCUT2D eigenvalue weighted by molar-refractivity contribution is 7.99. The lowest BCUT2D eigenvalue weighted by Crippen LogP contribution is -2.46. The standard InChI is InChI=1S/C14H23N3OS/c1-11-13(15)3-2-4-14(11)19-10-12(18)9-17-7-5-16-6-8-17/h2-4,12,16,18H,5-10,15H2,1H3. The summed E-state index contributed by atoms with van der Waals surface area (Å²) in [5, 5.41) is 13.4. The van der Waals surface area contributed by atoms with Gasteiger partial charge in [0.15, 0.2) is 0 Å². The SMILES string of the molecule is Cc1c(N)cccc1SCC(O)CN1CCNCC1. The first kappa shape index (κ1) is 14.7. The molecule has 1 aliphatic rings. The average Bonchev–Trinajstić information content (AvgIpc) is 2.42. The monoisotopic (exact) mass is 281 g/mol. The third-order valence-corrected chi connectivity index (χ3v) is 4.74. The van der Waals surface area contributed by atoms with Crippen molar-refractivity contribution in [3.8, 4) is 0 Å². The number of nitrogens with zero attached hydrogens (tertiary/aromatic N) is 1. The molecule has 0 aromatic heterocycles. The first-order valence-electron chi connectivity index (χ1n) is 6.76. The molecule has 1 saturated heterocycles. The Labute approximate surface area is 119 Å². The van der Waals surface area contributed by atoms with E-state index in [0.29, 0.717) is 5.75 Å². The number of aliphatic hydroxyl groups is 1. The van der Waals surface area contributed by atoms with Crippen LogP contribution in [-0.2, 0) is 0 Å². The molecule has 0 radical (unpaired) electrons. The van der Waals surface area contributed by atoms with Crippen LogP contribution in [0.25, 0.3) is 0 Å². The van der Waals surface area contributed by atoms with Crippen molar-refractivity contribution in [2.75, 3.05) is 44.2 Å². The zero-order chi connectivity index (χ0) is 13.7. The van der Waals surface area contributed by atoms with E-state index in [1.807, 2.05) is 19.1 Å². The van der Waals surface area contributed by atoms with Gasteiger partial charge in [0.2, 0.25) is 0 Å². The average molecular weight is 281 g/mol. The summed E-state index contributed by atoms with van der Waals surface area (Å²) in [6.45, 7) is 6.89. The van der Waals surface area contributed by atoms with Crippen LogP contribution in [0.4, 0.5) is 5.69 Å². The lowest BCUT2D eigenvalue weighted by molar-refractivity contribution is 0.121. The molecule has 0 bridgehead atoms. The van der Waals surface area contributed by atoms with Gasteiger partial charge in [-0.25, -0.2) is 0 Å². The third kappa shape index (κ3) is 4.38. The van der Waals surface area contributed by atoms with Crippen LogP contribution in [0.1, 0.15) is 5.56 Å². The van der Waals surface area contributed by atoms with Crippen molar-refractivity contribution >= 4 is 17.4 Å². The van der Waals surface area contributed by atoms with Gasteiger partial charge in [-0.1, -0.05) is 6.07 Å². The van der Waals surface area contributed by atoms with Crippen molar-refractivity contribution in [2.24, 2.45) is 0 Å². The molecule has 5 heteroatoms. The Hall–Kier alpha value is -0.750. The number of anilines is 1. The van der Waals surface area contributed by atoms with E-state index in [4.69, 9.17) is 5.73 Å². The van der Waals surface area contributed by atoms with Crippen LogP contribution in [0.3, 0.4) is 0 Å². The molecule has 2 rings (SSSR count). The van der Waals surface area contributed by atoms with E-state index in [0.717, 1.165) is 44.0 Å². The molecule has 1 aliphatic heterocycles. The van der Waals surface area contributed by atoms with Crippen LogP contribution < -0.4 is 11.1 Å². The Morgan fingerprint density at radius 2 is 2.16 bits per heavy atom. The van der Waals surface area contributed by atoms with E-state index in [1.165, 1.54) is 4.90 Å². The summed E-state index contributed by atoms with van der Waals surface area (Å²) in [5.41, 5.74) is 7.82. The maximum Gasteiger partial charge on any atom is 0.0760 e. The predicted octanol–water partition coefficient (Wildman–Crippen LogP) is 0.935. The second-order valence-electron chi connectivity index (χ2n) is 4.99. The van der Waals surface area contributed by atoms with E-state index in [9.17, 15) is 5.11 Å². The topological polar surface area (TPSA) is 61.5 Å². The molecule has 4 nitrogen and oxygen atoms in total. The maximum atomic E-state index is 10.1. The number of hydrogen-bond donors (Lipinski definition) is 3. The number of rotatable bonds is 5. The van der Waals surface area contributed by atoms with Crippen molar-refractivity contribution in [1.29, 1.82) is 0 Å². The van der Waals surface area contributed by atoms with Gasteiger partial charge in [-0.2, -0.15) is 0 Å². The van der Waals surface area contributed by atoms with Gasteiger partial charge in [-0.15, -0.1) is 11.8 Å². The molecule has 106 valence electrons. The molecule has 19 heavy (non-hydrogen) atoms. The van der Waals surface area contributed by atoms with Gasteiger partial charge in [0.1, 0.15) is 0 Å². The normalized spacial score (nSPS) is 18.4. The van der Waals surface area contributed by atoms with Crippen LogP contribution in [0.5, 0.6) is 0 Å². The fraction of sp³-hybridized carbons (Fsp3) is 0.571. The van der Waals surface area contributed by atoms with E-state index in [-0.39, 0.29) is 6.10 Å². The number of nitrogens with one attached hydrogen (secondary N) is 1. The van der Waals surface area contributed by atoms with Crippen LogP contribution in [0.15, 0.2) is 23.1 Å². The van der Waals surface area contributed by atoms with Gasteiger partial charge in [0.25, 0.3) is 0 Å². The van der Waals surface area contributed by atoms with Gasteiger partial charge in [0, 0.05) is 49.1 Å². The van der Waals surface area contributed by atoms with Crippen LogP contribution in [-0.4, -0.2) is 54.6 Å². The molecule has 1 atom stereocenters. The zero-order valence-corrected chi connectivity index (χ0v) is 12.2. The third-order valence-electron chi connectivity index (χ3n) is 3.44. The minimum Gasteiger partial charge on any atom is -0.398 e. The van der Waals surface area contributed by atoms with Crippen LogP contribution >= 0.6 is 11.8 Å². The zero-order valence-electron chi connectivity index (χ0n) is 11.4. The summed E-state index contributed by atoms with van der Waals surface area (Å²) < 4.78 is 0. The van der Waals surface area contributed by atoms with Crippen LogP contribution in [0.2, 0.25) is 0 Å². The molecule has 0 amide bonds. The summed E-state index contributed by atoms with van der Waals surface area (Å²) in [6.07, 6.45) is -0.288. The molecule has 0 spiro atoms. The fourth-order valence-electron chi connectivity index (χ4n) is 2.22. The number of β-amino-alcohol motifs (C(OH)–C–C–N with tert-alkyl or cyclic N) is 1. The minimum atomic E-state index is -0.288. The maximum absolute atomic E-state index is 10.1. The Balaban J connectivity index is 1.79. The fourth-order valence-corrected chi connectivity index (χ4v) is 3.20. The van der Waals surface area contributed by atoms with E-state index >= 15 is 0 Å². The van der Waals surface area contributed by atoms with E-state index in [2.05, 4.69) is 16.3 Å². The number of hydrogen-bond acceptors (Lipinski definition) is 5. The van der Waals surface area contributed by atoms with Gasteiger partial charge < -0.3 is 16.2 Å². The summed E-state index contributed by atoms with van der Waals surface area (Å²) in [4.78, 5) is 3.48. The number of thioether (sulfide) groups is 1. The predicted molar refractivity (Wildman–Crippen MR) is 81.6 cm³/mol. The van der Waals surface area contributed by atoms with Gasteiger partial charge in [-0.3, -0.25) is 4.90 Å². The van der Waals surface area contributed by atoms with Gasteiger partial charge in [0.05, 0.1) is 6.10 Å². The first-order valence-corrected chi connectivity index (χ1v) is 7.74. The molecule has 1 unspecified atom stereocenters. The molecule has 1 aromatic rings. The lowest BCUT2D eigenvalue weighted by atomic mass is 10.2. The first-order chi connectivity index (χ1) is 9.16. The number of benzene rings is 1. The molecule has 4 N–H and O–H groups in total. The summed E-state index contributed by atoms with van der Waals surface area (Å²) in [7, 11) is 0. The number of nitrogens with two attached hydrogens (primary N) is 1. The largest absolute Gasteiger partial charge is 0.398 e. The quantitative estimate of drug-likeness (QED) is 0.554. The van der Waals surface area contributed by atoms with Crippen LogP contribution in [0, 0.1) is 6.92 Å². The highest BCUT2D eigenvalue weighted by Gasteiger charge is 2.14. The minimum absolute atomic E-state index is 0.288. The second kappa shape index (κ2) is 7.14. The molecule has 1 heterocycles. The summed E-state index contributed by atoms with van der Waals surface area (Å²) >= 11 is 1.69. The van der Waals surface area contributed by atoms with Crippen molar-refractivity contribution in [3.63, 3.8) is 0 Å². The number of aliphatic hydroxyl groups excluding tert-OH is 1. The number of nitrogen functional groups attached to an aromatic ring is 1. The Bertz CT molecular complexity index is 408. The molecular weight excluding hydrogens is 258 g/mol. The Morgan fingerprint density at radius 3 is 2.89 bits per heavy atom. The Morgan fingerprint density at radius 1 is 1.42 bits per heavy atom. The smallest absolute Gasteiger partial charge is 0.0760 e. The molecule has 1 fully saturated rings. The lowest BCUT2D eigenvalue weighted by Gasteiger charge is -2.29. The summed E-state index contributed by atoms with van der Waals surface area (Å²) in [6, 6.07) is 5.94. The van der Waals surface area contributed by atoms with E-state index < -0.39 is 0 Å². The van der Waals surface area contributed by atoms with Gasteiger partial charge in [-0.05, 0) is 24.6 Å². The van der Waals surface area contributed by atoms with Crippen molar-refractivity contribution < 1.29 is 5.11 Å². The van der Waals surface area contributed by atoms with Crippen molar-refractivity contribution in [1.82, 2.24) is 10.2 Å². The van der Waals surface area contributed by atoms with Crippen molar-refractivity contribution in [3.05, 3.63) is 23.8 Å². The highest BCUT2D eigenvalue weighted by atomic mass is 32.2. The van der Waals surface area contributed by atoms with Gasteiger partial charge >= 0.3 is 0 Å². The second-order valence-corrected chi connectivity index (χ2v) is 6.05. The Kier molecular flexibility index (Phi) is 5.51. The highest BCUT2D eigenvalue weighted by Crippen LogP contribution is 2.26. The molecule has 0 aliphatic carbocycles. The number of piperazine rings is 1. The van der Waals surface area contributed by atoms with E-state index in [1.54, 1.807) is 11.8 Å². The summed E-state index contributed by atoms with van der Waals surface area (Å²) in [5.74, 6) is 0.716. The molecular formula is C14H23N3OS. The molecule has 0 saturated carbocycles. The van der Waals surface area contributed by atoms with Crippen molar-refractivity contribution in [2.45, 2.75) is 17.9 Å². The molecule has 1 aromatic carbocycles.